The summed E-state index contributed by atoms with van der Waals surface area (Å²) in [7, 11) is -1.56. The molecule has 2 aliphatic rings. The van der Waals surface area contributed by atoms with Gasteiger partial charge in [-0.2, -0.15) is 0 Å². The number of hydrogen-bond acceptors (Lipinski definition) is 4. The molecule has 1 unspecified atom stereocenters. The van der Waals surface area contributed by atoms with E-state index in [4.69, 9.17) is 0 Å². The molecule has 0 bridgehead atoms. The van der Waals surface area contributed by atoms with Gasteiger partial charge in [0.15, 0.2) is 0 Å². The van der Waals surface area contributed by atoms with Crippen molar-refractivity contribution in [1.82, 2.24) is 14.9 Å². The highest BCUT2D eigenvalue weighted by atomic mass is 32.2. The predicted octanol–water partition coefficient (Wildman–Crippen LogP) is -0.864. The molecule has 0 radical (unpaired) electrons. The summed E-state index contributed by atoms with van der Waals surface area (Å²) in [6.45, 7) is 2.27. The highest BCUT2D eigenvalue weighted by Crippen LogP contribution is 2.23. The van der Waals surface area contributed by atoms with Crippen LogP contribution < -0.4 is 10.6 Å². The maximum absolute atomic E-state index is 12.3. The Balaban J connectivity index is 1.94. The van der Waals surface area contributed by atoms with Gasteiger partial charge in [-0.25, -0.2) is 12.7 Å². The van der Waals surface area contributed by atoms with E-state index in [-0.39, 0.29) is 17.1 Å². The van der Waals surface area contributed by atoms with Crippen molar-refractivity contribution in [2.24, 2.45) is 5.92 Å². The first-order valence-electron chi connectivity index (χ1n) is 6.47. The van der Waals surface area contributed by atoms with Crippen molar-refractivity contribution in [3.05, 3.63) is 0 Å². The maximum atomic E-state index is 12.3. The summed E-state index contributed by atoms with van der Waals surface area (Å²) in [5.74, 6) is -0.0160. The van der Waals surface area contributed by atoms with E-state index in [9.17, 15) is 13.2 Å². The first kappa shape index (κ1) is 13.8. The first-order valence-corrected chi connectivity index (χ1v) is 7.97. The molecule has 2 N–H and O–H groups in total. The number of carbonyl (C=O) groups is 1. The Hall–Kier alpha value is -0.660. The standard InChI is InChI=1S/C11H21N3O3S/c1-12-11(15)9-3-6-14(7-4-9)18(16,17)10-2-5-13-8-10/h9-10,13H,2-8H2,1H3,(H,12,15). The van der Waals surface area contributed by atoms with Crippen LogP contribution in [0.2, 0.25) is 0 Å². The molecule has 18 heavy (non-hydrogen) atoms. The molecule has 7 heteroatoms. The Labute approximate surface area is 108 Å². The fourth-order valence-electron chi connectivity index (χ4n) is 2.67. The molecule has 1 atom stereocenters. The van der Waals surface area contributed by atoms with Gasteiger partial charge < -0.3 is 10.6 Å². The molecule has 0 spiro atoms. The average Bonchev–Trinajstić information content (AvgIpc) is 2.92. The smallest absolute Gasteiger partial charge is 0.222 e. The van der Waals surface area contributed by atoms with Crippen LogP contribution in [-0.4, -0.2) is 57.1 Å². The number of hydrogen-bond donors (Lipinski definition) is 2. The molecule has 104 valence electrons. The minimum atomic E-state index is -3.18. The van der Waals surface area contributed by atoms with E-state index in [0.717, 1.165) is 6.54 Å². The number of carbonyl (C=O) groups excluding carboxylic acids is 1. The third kappa shape index (κ3) is 2.67. The Kier molecular flexibility index (Phi) is 4.24. The van der Waals surface area contributed by atoms with Crippen LogP contribution in [-0.2, 0) is 14.8 Å². The van der Waals surface area contributed by atoms with Crippen LogP contribution in [0.3, 0.4) is 0 Å². The van der Waals surface area contributed by atoms with Crippen LogP contribution >= 0.6 is 0 Å². The Bertz CT molecular complexity index is 396. The lowest BCUT2D eigenvalue weighted by atomic mass is 9.97. The molecule has 6 nitrogen and oxygen atoms in total. The molecule has 2 fully saturated rings. The van der Waals surface area contributed by atoms with Crippen molar-refractivity contribution in [2.75, 3.05) is 33.2 Å². The number of piperidine rings is 1. The minimum absolute atomic E-state index is 0.0228. The number of nitrogens with zero attached hydrogens (tertiary/aromatic N) is 1. The van der Waals surface area contributed by atoms with Gasteiger partial charge in [-0.3, -0.25) is 4.79 Å². The molecule has 0 aromatic carbocycles. The maximum Gasteiger partial charge on any atom is 0.222 e. The van der Waals surface area contributed by atoms with Crippen LogP contribution in [0.25, 0.3) is 0 Å². The van der Waals surface area contributed by atoms with Gasteiger partial charge in [0.25, 0.3) is 0 Å². The third-order valence-electron chi connectivity index (χ3n) is 3.87. The summed E-state index contributed by atoms with van der Waals surface area (Å²) < 4.78 is 26.2. The summed E-state index contributed by atoms with van der Waals surface area (Å²) in [6.07, 6.45) is 1.94. The summed E-state index contributed by atoms with van der Waals surface area (Å²) in [5, 5.41) is 5.43. The van der Waals surface area contributed by atoms with Crippen LogP contribution in [0.1, 0.15) is 19.3 Å². The van der Waals surface area contributed by atoms with Gasteiger partial charge in [-0.05, 0) is 25.8 Å². The van der Waals surface area contributed by atoms with Crippen molar-refractivity contribution >= 4 is 15.9 Å². The van der Waals surface area contributed by atoms with Crippen LogP contribution in [0, 0.1) is 5.92 Å². The molecule has 0 aromatic rings. The first-order chi connectivity index (χ1) is 8.55. The van der Waals surface area contributed by atoms with E-state index in [2.05, 4.69) is 10.6 Å². The van der Waals surface area contributed by atoms with Gasteiger partial charge >= 0.3 is 0 Å². The lowest BCUT2D eigenvalue weighted by Gasteiger charge is -2.32. The molecule has 0 aromatic heterocycles. The lowest BCUT2D eigenvalue weighted by molar-refractivity contribution is -0.125. The highest BCUT2D eigenvalue weighted by Gasteiger charge is 2.37. The minimum Gasteiger partial charge on any atom is -0.359 e. The zero-order valence-corrected chi connectivity index (χ0v) is 11.5. The fourth-order valence-corrected chi connectivity index (χ4v) is 4.56. The van der Waals surface area contributed by atoms with E-state index < -0.39 is 10.0 Å². The molecular formula is C11H21N3O3S. The second-order valence-electron chi connectivity index (χ2n) is 4.95. The topological polar surface area (TPSA) is 78.5 Å². The molecule has 0 aliphatic carbocycles. The van der Waals surface area contributed by atoms with Gasteiger partial charge in [-0.15, -0.1) is 0 Å². The van der Waals surface area contributed by atoms with Crippen molar-refractivity contribution in [1.29, 1.82) is 0 Å². The SMILES string of the molecule is CNC(=O)C1CCN(S(=O)(=O)C2CCNC2)CC1. The normalized spacial score (nSPS) is 27.3. The fraction of sp³-hybridized carbons (Fsp3) is 0.909. The summed E-state index contributed by atoms with van der Waals surface area (Å²) in [5.41, 5.74) is 0. The van der Waals surface area contributed by atoms with Gasteiger partial charge in [0.2, 0.25) is 15.9 Å². The number of rotatable bonds is 3. The second-order valence-corrected chi connectivity index (χ2v) is 7.16. The van der Waals surface area contributed by atoms with Crippen molar-refractivity contribution < 1.29 is 13.2 Å². The van der Waals surface area contributed by atoms with Gasteiger partial charge in [0.1, 0.15) is 0 Å². The Morgan fingerprint density at radius 3 is 2.44 bits per heavy atom. The second kappa shape index (κ2) is 5.54. The molecule has 2 rings (SSSR count). The number of nitrogens with one attached hydrogen (secondary N) is 2. The van der Waals surface area contributed by atoms with Gasteiger partial charge in [0.05, 0.1) is 5.25 Å². The number of sulfonamides is 1. The van der Waals surface area contributed by atoms with E-state index in [1.807, 2.05) is 0 Å². The average molecular weight is 275 g/mol. The van der Waals surface area contributed by atoms with E-state index >= 15 is 0 Å². The molecule has 2 saturated heterocycles. The lowest BCUT2D eigenvalue weighted by Crippen LogP contribution is -2.46. The van der Waals surface area contributed by atoms with Crippen LogP contribution in [0.4, 0.5) is 0 Å². The van der Waals surface area contributed by atoms with Crippen molar-refractivity contribution in [3.63, 3.8) is 0 Å². The van der Waals surface area contributed by atoms with Crippen molar-refractivity contribution in [2.45, 2.75) is 24.5 Å². The van der Waals surface area contributed by atoms with E-state index in [1.54, 1.807) is 11.4 Å². The van der Waals surface area contributed by atoms with Crippen molar-refractivity contribution in [3.8, 4) is 0 Å². The Morgan fingerprint density at radius 1 is 1.28 bits per heavy atom. The molecule has 0 saturated carbocycles. The monoisotopic (exact) mass is 275 g/mol. The zero-order chi connectivity index (χ0) is 13.2. The molecule has 2 heterocycles. The zero-order valence-electron chi connectivity index (χ0n) is 10.7. The largest absolute Gasteiger partial charge is 0.359 e. The summed E-state index contributed by atoms with van der Waals surface area (Å²) in [6, 6.07) is 0. The predicted molar refractivity (Wildman–Crippen MR) is 68.6 cm³/mol. The summed E-state index contributed by atoms with van der Waals surface area (Å²) in [4.78, 5) is 11.5. The van der Waals surface area contributed by atoms with E-state index in [1.165, 1.54) is 0 Å². The van der Waals surface area contributed by atoms with Crippen LogP contribution in [0.5, 0.6) is 0 Å². The number of amides is 1. The summed E-state index contributed by atoms with van der Waals surface area (Å²) >= 11 is 0. The molecule has 2 aliphatic heterocycles. The Morgan fingerprint density at radius 2 is 1.94 bits per heavy atom. The molecular weight excluding hydrogens is 254 g/mol. The third-order valence-corrected chi connectivity index (χ3v) is 6.20. The quantitative estimate of drug-likeness (QED) is 0.702. The van der Waals surface area contributed by atoms with Gasteiger partial charge in [0, 0.05) is 32.6 Å². The van der Waals surface area contributed by atoms with Crippen LogP contribution in [0.15, 0.2) is 0 Å². The highest BCUT2D eigenvalue weighted by molar-refractivity contribution is 7.89. The van der Waals surface area contributed by atoms with E-state index in [0.29, 0.717) is 38.9 Å². The molecule has 1 amide bonds. The van der Waals surface area contributed by atoms with Gasteiger partial charge in [-0.1, -0.05) is 0 Å².